The molecule has 0 atom stereocenters. The number of thiazole rings is 1. The Hall–Kier alpha value is -1.92. The quantitative estimate of drug-likeness (QED) is 0.808. The summed E-state index contributed by atoms with van der Waals surface area (Å²) in [5, 5.41) is 3.46. The van der Waals surface area contributed by atoms with Crippen molar-refractivity contribution in [3.8, 4) is 0 Å². The molecule has 2 N–H and O–H groups in total. The van der Waals surface area contributed by atoms with Crippen molar-refractivity contribution in [2.75, 3.05) is 0 Å². The molecular formula is C13H11ClN4OS. The molecule has 0 radical (unpaired) electrons. The number of nitrogens with zero attached hydrogens (tertiary/aromatic N) is 3. The van der Waals surface area contributed by atoms with Crippen LogP contribution in [0.15, 0.2) is 23.8 Å². The molecule has 0 saturated carbocycles. The molecule has 0 bridgehead atoms. The molecule has 3 rings (SSSR count). The van der Waals surface area contributed by atoms with Gasteiger partial charge in [-0.25, -0.2) is 4.98 Å². The number of carbonyl (C=O) groups excluding carboxylic acids is 1. The topological polar surface area (TPSA) is 73.8 Å². The first kappa shape index (κ1) is 13.1. The highest BCUT2D eigenvalue weighted by Crippen LogP contribution is 2.27. The molecule has 0 spiro atoms. The number of rotatable bonds is 3. The lowest BCUT2D eigenvalue weighted by molar-refractivity contribution is 0.100. The van der Waals surface area contributed by atoms with Gasteiger partial charge < -0.3 is 10.3 Å². The number of halogens is 1. The number of aromatic nitrogens is 3. The van der Waals surface area contributed by atoms with Gasteiger partial charge in [0.15, 0.2) is 0 Å². The molecule has 0 fully saturated rings. The van der Waals surface area contributed by atoms with Crippen LogP contribution < -0.4 is 5.73 Å². The second-order valence-corrected chi connectivity index (χ2v) is 5.76. The van der Waals surface area contributed by atoms with Crippen LogP contribution in [0.1, 0.15) is 21.1 Å². The molecule has 0 unspecified atom stereocenters. The van der Waals surface area contributed by atoms with Gasteiger partial charge in [0, 0.05) is 23.5 Å². The van der Waals surface area contributed by atoms with Gasteiger partial charge in [0.25, 0.3) is 5.91 Å². The van der Waals surface area contributed by atoms with Gasteiger partial charge in [0.1, 0.15) is 10.5 Å². The minimum absolute atomic E-state index is 0.371. The summed E-state index contributed by atoms with van der Waals surface area (Å²) in [6.45, 7) is 2.48. The maximum absolute atomic E-state index is 11.5. The van der Waals surface area contributed by atoms with E-state index in [0.717, 1.165) is 10.7 Å². The minimum atomic E-state index is -0.515. The van der Waals surface area contributed by atoms with Crippen LogP contribution in [0.25, 0.3) is 11.0 Å². The number of hydrogen-bond donors (Lipinski definition) is 1. The summed E-state index contributed by atoms with van der Waals surface area (Å²) >= 11 is 7.79. The van der Waals surface area contributed by atoms with Crippen molar-refractivity contribution in [1.82, 2.24) is 14.5 Å². The monoisotopic (exact) mass is 306 g/mol. The fourth-order valence-corrected chi connectivity index (χ4v) is 3.13. The van der Waals surface area contributed by atoms with E-state index in [1.807, 2.05) is 16.9 Å². The maximum atomic E-state index is 11.5. The molecule has 0 aromatic carbocycles. The maximum Gasteiger partial charge on any atom is 0.252 e. The second-order valence-electron chi connectivity index (χ2n) is 4.41. The zero-order valence-corrected chi connectivity index (χ0v) is 12.2. The number of hydrogen-bond acceptors (Lipinski definition) is 4. The number of fused-ring (bicyclic) bond motifs is 1. The van der Waals surface area contributed by atoms with Crippen LogP contribution in [-0.2, 0) is 6.54 Å². The highest BCUT2D eigenvalue weighted by molar-refractivity contribution is 7.09. The number of nitrogens with two attached hydrogens (primary N) is 1. The smallest absolute Gasteiger partial charge is 0.252 e. The number of primary amides is 1. The lowest BCUT2D eigenvalue weighted by atomic mass is 10.2. The second kappa shape index (κ2) is 4.88. The van der Waals surface area contributed by atoms with Gasteiger partial charge in [0.2, 0.25) is 0 Å². The molecule has 0 saturated heterocycles. The fraction of sp³-hybridized carbons (Fsp3) is 0.154. The van der Waals surface area contributed by atoms with E-state index in [9.17, 15) is 4.79 Å². The van der Waals surface area contributed by atoms with Crippen LogP contribution in [0.4, 0.5) is 0 Å². The molecule has 0 aliphatic rings. The molecular weight excluding hydrogens is 296 g/mol. The van der Waals surface area contributed by atoms with Crippen LogP contribution in [-0.4, -0.2) is 20.4 Å². The average Bonchev–Trinajstić information content (AvgIpc) is 2.95. The zero-order chi connectivity index (χ0) is 14.3. The van der Waals surface area contributed by atoms with Gasteiger partial charge in [0.05, 0.1) is 22.6 Å². The summed E-state index contributed by atoms with van der Waals surface area (Å²) in [5.41, 5.74) is 7.97. The van der Waals surface area contributed by atoms with Gasteiger partial charge in [-0.15, -0.1) is 11.3 Å². The normalized spacial score (nSPS) is 11.1. The van der Waals surface area contributed by atoms with Gasteiger partial charge in [-0.05, 0) is 13.0 Å². The third-order valence-corrected chi connectivity index (χ3v) is 4.20. The van der Waals surface area contributed by atoms with Crippen molar-refractivity contribution < 1.29 is 4.79 Å². The van der Waals surface area contributed by atoms with Crippen molar-refractivity contribution in [2.24, 2.45) is 5.73 Å². The number of amides is 1. The molecule has 20 heavy (non-hydrogen) atoms. The molecule has 1 amide bonds. The Bertz CT molecular complexity index is 808. The summed E-state index contributed by atoms with van der Waals surface area (Å²) in [7, 11) is 0. The summed E-state index contributed by atoms with van der Waals surface area (Å²) in [6.07, 6.45) is 3.25. The van der Waals surface area contributed by atoms with E-state index in [1.54, 1.807) is 29.8 Å². The van der Waals surface area contributed by atoms with Crippen molar-refractivity contribution in [3.05, 3.63) is 45.1 Å². The third kappa shape index (κ3) is 2.17. The molecule has 3 heterocycles. The van der Waals surface area contributed by atoms with Crippen LogP contribution in [0.2, 0.25) is 5.02 Å². The first-order valence-corrected chi connectivity index (χ1v) is 7.16. The van der Waals surface area contributed by atoms with Crippen LogP contribution in [0.3, 0.4) is 0 Å². The van der Waals surface area contributed by atoms with Gasteiger partial charge in [-0.2, -0.15) is 0 Å². The molecule has 0 aliphatic carbocycles. The van der Waals surface area contributed by atoms with Gasteiger partial charge in [-0.3, -0.25) is 9.78 Å². The summed E-state index contributed by atoms with van der Waals surface area (Å²) in [6, 6.07) is 1.69. The molecule has 5 nitrogen and oxygen atoms in total. The Labute approximate surface area is 124 Å². The lowest BCUT2D eigenvalue weighted by Gasteiger charge is -2.03. The number of pyridine rings is 1. The van der Waals surface area contributed by atoms with Crippen LogP contribution in [0.5, 0.6) is 0 Å². The zero-order valence-electron chi connectivity index (χ0n) is 10.6. The van der Waals surface area contributed by atoms with Crippen molar-refractivity contribution >= 4 is 39.9 Å². The van der Waals surface area contributed by atoms with E-state index in [-0.39, 0.29) is 0 Å². The number of aryl methyl sites for hydroxylation is 1. The molecule has 3 aromatic heterocycles. The van der Waals surface area contributed by atoms with Crippen molar-refractivity contribution in [3.63, 3.8) is 0 Å². The van der Waals surface area contributed by atoms with Gasteiger partial charge in [-0.1, -0.05) is 11.6 Å². The molecule has 0 aliphatic heterocycles. The largest absolute Gasteiger partial charge is 0.365 e. The van der Waals surface area contributed by atoms with E-state index in [0.29, 0.717) is 28.2 Å². The minimum Gasteiger partial charge on any atom is -0.365 e. The number of carbonyl (C=O) groups is 1. The van der Waals surface area contributed by atoms with E-state index in [4.69, 9.17) is 17.3 Å². The van der Waals surface area contributed by atoms with Crippen molar-refractivity contribution in [2.45, 2.75) is 13.5 Å². The standard InChI is InChI=1S/C13H11ClN4OS/c1-7-6-20-10(17-7)5-18-4-8(13(15)19)11-12(18)9(14)2-3-16-11/h2-4,6H,5H2,1H3,(H2,15,19). The highest BCUT2D eigenvalue weighted by atomic mass is 35.5. The first-order valence-electron chi connectivity index (χ1n) is 5.90. The Morgan fingerprint density at radius 2 is 2.35 bits per heavy atom. The molecule has 3 aromatic rings. The van der Waals surface area contributed by atoms with Crippen molar-refractivity contribution in [1.29, 1.82) is 0 Å². The average molecular weight is 307 g/mol. The van der Waals surface area contributed by atoms with Gasteiger partial charge >= 0.3 is 0 Å². The van der Waals surface area contributed by atoms with Crippen LogP contribution in [0, 0.1) is 6.92 Å². The fourth-order valence-electron chi connectivity index (χ4n) is 2.11. The van der Waals surface area contributed by atoms with E-state index < -0.39 is 5.91 Å². The Morgan fingerprint density at radius 1 is 1.55 bits per heavy atom. The van der Waals surface area contributed by atoms with Crippen LogP contribution >= 0.6 is 22.9 Å². The Balaban J connectivity index is 2.17. The summed E-state index contributed by atoms with van der Waals surface area (Å²) in [5.74, 6) is -0.515. The first-order chi connectivity index (χ1) is 9.56. The summed E-state index contributed by atoms with van der Waals surface area (Å²) in [4.78, 5) is 20.1. The lowest BCUT2D eigenvalue weighted by Crippen LogP contribution is -2.10. The Morgan fingerprint density at radius 3 is 3.00 bits per heavy atom. The molecule has 7 heteroatoms. The SMILES string of the molecule is Cc1csc(Cn2cc(C(N)=O)c3nccc(Cl)c32)n1. The van der Waals surface area contributed by atoms with E-state index in [2.05, 4.69) is 9.97 Å². The highest BCUT2D eigenvalue weighted by Gasteiger charge is 2.17. The van der Waals surface area contributed by atoms with E-state index >= 15 is 0 Å². The third-order valence-electron chi connectivity index (χ3n) is 2.94. The van der Waals surface area contributed by atoms with E-state index in [1.165, 1.54) is 0 Å². The molecule has 102 valence electrons. The summed E-state index contributed by atoms with van der Waals surface area (Å²) < 4.78 is 1.86. The predicted octanol–water partition coefficient (Wildman–Crippen LogP) is 2.60. The predicted molar refractivity (Wildman–Crippen MR) is 79.2 cm³/mol. The Kier molecular flexibility index (Phi) is 3.19.